The molecule has 0 aliphatic carbocycles. The second kappa shape index (κ2) is 3.35. The molecule has 0 aromatic carbocycles. The highest BCUT2D eigenvalue weighted by Gasteiger charge is 2.49. The number of hydrazone groups is 1. The van der Waals surface area contributed by atoms with Gasteiger partial charge in [0.15, 0.2) is 5.72 Å². The van der Waals surface area contributed by atoms with Gasteiger partial charge < -0.3 is 14.7 Å². The summed E-state index contributed by atoms with van der Waals surface area (Å²) >= 11 is 0. The molecule has 0 saturated carbocycles. The van der Waals surface area contributed by atoms with Crippen molar-refractivity contribution in [1.29, 1.82) is 0 Å². The Kier molecular flexibility index (Phi) is 2.34. The number of carbonyl (C=O) groups excluding carboxylic acids is 1. The number of carbonyl (C=O) groups is 1. The summed E-state index contributed by atoms with van der Waals surface area (Å²) in [6, 6.07) is 0. The van der Waals surface area contributed by atoms with Crippen LogP contribution in [0.25, 0.3) is 0 Å². The molecule has 2 atom stereocenters. The minimum absolute atomic E-state index is 0.153. The Morgan fingerprint density at radius 2 is 2.38 bits per heavy atom. The van der Waals surface area contributed by atoms with E-state index in [1.165, 1.54) is 4.90 Å². The highest BCUT2D eigenvalue weighted by molar-refractivity contribution is 5.72. The second-order valence-corrected chi connectivity index (χ2v) is 5.28. The fraction of sp³-hybridized carbons (Fsp3) is 0.800. The molecule has 2 aliphatic heterocycles. The monoisotopic (exact) mass is 227 g/mol. The van der Waals surface area contributed by atoms with Gasteiger partial charge in [0.25, 0.3) is 0 Å². The van der Waals surface area contributed by atoms with Gasteiger partial charge in [0.2, 0.25) is 0 Å². The second-order valence-electron chi connectivity index (χ2n) is 5.28. The lowest BCUT2D eigenvalue weighted by atomic mass is 10.0. The van der Waals surface area contributed by atoms with Crippen LogP contribution >= 0.6 is 0 Å². The van der Waals surface area contributed by atoms with Crippen LogP contribution in [0.3, 0.4) is 0 Å². The van der Waals surface area contributed by atoms with Crippen molar-refractivity contribution in [2.75, 3.05) is 13.1 Å². The number of nitrogens with zero attached hydrogens (tertiary/aromatic N) is 2. The Labute approximate surface area is 94.3 Å². The van der Waals surface area contributed by atoms with Gasteiger partial charge in [-0.25, -0.2) is 4.79 Å². The van der Waals surface area contributed by atoms with E-state index in [0.29, 0.717) is 6.54 Å². The van der Waals surface area contributed by atoms with Crippen LogP contribution in [0, 0.1) is 5.92 Å². The highest BCUT2D eigenvalue weighted by Crippen LogP contribution is 2.28. The summed E-state index contributed by atoms with van der Waals surface area (Å²) in [5.74, 6) is -0.153. The number of hydrogen-bond acceptors (Lipinski definition) is 5. The molecule has 16 heavy (non-hydrogen) atoms. The third-order valence-electron chi connectivity index (χ3n) is 2.63. The van der Waals surface area contributed by atoms with E-state index in [0.717, 1.165) is 0 Å². The number of fused-ring (bicyclic) bond motifs is 1. The van der Waals surface area contributed by atoms with Crippen molar-refractivity contribution < 1.29 is 14.6 Å². The fourth-order valence-corrected chi connectivity index (χ4v) is 1.85. The Bertz CT molecular complexity index is 337. The normalized spacial score (nSPS) is 32.5. The summed E-state index contributed by atoms with van der Waals surface area (Å²) in [7, 11) is 0. The number of ether oxygens (including phenoxy) is 1. The molecule has 2 N–H and O–H groups in total. The first-order valence-electron chi connectivity index (χ1n) is 5.31. The van der Waals surface area contributed by atoms with E-state index < -0.39 is 17.4 Å². The van der Waals surface area contributed by atoms with Gasteiger partial charge in [-0.3, -0.25) is 5.43 Å². The quantitative estimate of drug-likeness (QED) is 0.617. The maximum atomic E-state index is 11.8. The first-order chi connectivity index (χ1) is 7.30. The number of hydrogen-bond donors (Lipinski definition) is 2. The largest absolute Gasteiger partial charge is 0.444 e. The zero-order valence-electron chi connectivity index (χ0n) is 9.73. The maximum absolute atomic E-state index is 11.8. The van der Waals surface area contributed by atoms with Crippen LogP contribution in [-0.4, -0.2) is 46.7 Å². The molecule has 2 aliphatic rings. The van der Waals surface area contributed by atoms with Crippen LogP contribution in [-0.2, 0) is 4.74 Å². The lowest BCUT2D eigenvalue weighted by Gasteiger charge is -2.25. The van der Waals surface area contributed by atoms with Crippen LogP contribution in [0.15, 0.2) is 5.10 Å². The molecule has 0 aromatic rings. The number of aliphatic hydroxyl groups is 1. The first-order valence-corrected chi connectivity index (χ1v) is 5.31. The van der Waals surface area contributed by atoms with Crippen molar-refractivity contribution in [2.24, 2.45) is 11.0 Å². The van der Waals surface area contributed by atoms with Crippen LogP contribution in [0.4, 0.5) is 4.79 Å². The molecule has 2 rings (SSSR count). The van der Waals surface area contributed by atoms with Gasteiger partial charge in [-0.2, -0.15) is 5.10 Å². The molecule has 6 nitrogen and oxygen atoms in total. The Hall–Kier alpha value is -1.30. The summed E-state index contributed by atoms with van der Waals surface area (Å²) in [6.45, 7) is 6.08. The van der Waals surface area contributed by atoms with E-state index >= 15 is 0 Å². The van der Waals surface area contributed by atoms with Crippen molar-refractivity contribution in [2.45, 2.75) is 32.1 Å². The molecule has 1 saturated heterocycles. The van der Waals surface area contributed by atoms with Crippen LogP contribution < -0.4 is 5.43 Å². The summed E-state index contributed by atoms with van der Waals surface area (Å²) in [5.41, 5.74) is 0.989. The molecule has 1 amide bonds. The smallest absolute Gasteiger partial charge is 0.410 e. The van der Waals surface area contributed by atoms with Gasteiger partial charge in [0, 0.05) is 12.8 Å². The van der Waals surface area contributed by atoms with Crippen molar-refractivity contribution in [3.8, 4) is 0 Å². The molecule has 0 unspecified atom stereocenters. The zero-order chi connectivity index (χ0) is 12.0. The molecule has 90 valence electrons. The first kappa shape index (κ1) is 11.2. The van der Waals surface area contributed by atoms with Crippen molar-refractivity contribution >= 4 is 12.3 Å². The fourth-order valence-electron chi connectivity index (χ4n) is 1.85. The van der Waals surface area contributed by atoms with E-state index in [1.54, 1.807) is 6.21 Å². The molecule has 0 radical (unpaired) electrons. The van der Waals surface area contributed by atoms with E-state index in [2.05, 4.69) is 10.5 Å². The van der Waals surface area contributed by atoms with Gasteiger partial charge in [0.05, 0.1) is 12.5 Å². The molecule has 0 spiro atoms. The zero-order valence-corrected chi connectivity index (χ0v) is 9.73. The van der Waals surface area contributed by atoms with Gasteiger partial charge in [-0.05, 0) is 20.8 Å². The molecule has 2 heterocycles. The average Bonchev–Trinajstić information content (AvgIpc) is 2.55. The number of β-amino-alcohol motifs (C(OH)–C–C–N with tert-alkyl or cyclic N) is 1. The van der Waals surface area contributed by atoms with Gasteiger partial charge in [0.1, 0.15) is 5.60 Å². The standard InChI is InChI=1S/C10H17N3O3/c1-9(2,3)16-8(14)13-5-7-4-11-12-10(7,15)6-13/h4,7,12,15H,5-6H2,1-3H3/t7-,10+/m0/s1. The highest BCUT2D eigenvalue weighted by atomic mass is 16.6. The van der Waals surface area contributed by atoms with Crippen molar-refractivity contribution in [1.82, 2.24) is 10.3 Å². The summed E-state index contributed by atoms with van der Waals surface area (Å²) in [5, 5.41) is 13.9. The predicted octanol–water partition coefficient (Wildman–Crippen LogP) is 0.131. The maximum Gasteiger partial charge on any atom is 0.410 e. The lowest BCUT2D eigenvalue weighted by Crippen LogP contribution is -2.47. The topological polar surface area (TPSA) is 74.2 Å². The molecular formula is C10H17N3O3. The summed E-state index contributed by atoms with van der Waals surface area (Å²) in [4.78, 5) is 13.2. The molecule has 1 fully saturated rings. The number of rotatable bonds is 0. The van der Waals surface area contributed by atoms with Gasteiger partial charge in [-0.15, -0.1) is 0 Å². The van der Waals surface area contributed by atoms with E-state index in [9.17, 15) is 9.90 Å². The molecular weight excluding hydrogens is 210 g/mol. The van der Waals surface area contributed by atoms with Crippen LogP contribution in [0.5, 0.6) is 0 Å². The number of nitrogens with one attached hydrogen (secondary N) is 1. The van der Waals surface area contributed by atoms with Gasteiger partial charge >= 0.3 is 6.09 Å². The Morgan fingerprint density at radius 3 is 2.94 bits per heavy atom. The third-order valence-corrected chi connectivity index (χ3v) is 2.63. The van der Waals surface area contributed by atoms with Crippen LogP contribution in [0.2, 0.25) is 0 Å². The molecule has 0 aromatic heterocycles. The minimum Gasteiger partial charge on any atom is -0.444 e. The summed E-state index contributed by atoms with van der Waals surface area (Å²) in [6.07, 6.45) is 1.23. The van der Waals surface area contributed by atoms with E-state index in [4.69, 9.17) is 4.74 Å². The van der Waals surface area contributed by atoms with E-state index in [1.807, 2.05) is 20.8 Å². The SMILES string of the molecule is CC(C)(C)OC(=O)N1C[C@@H]2C=NN[C@@]2(O)C1. The molecule has 0 bridgehead atoms. The minimum atomic E-state index is -1.11. The Balaban J connectivity index is 1.99. The van der Waals surface area contributed by atoms with Crippen LogP contribution in [0.1, 0.15) is 20.8 Å². The third kappa shape index (κ3) is 1.97. The number of likely N-dealkylation sites (tertiary alicyclic amines) is 1. The van der Waals surface area contributed by atoms with Crippen molar-refractivity contribution in [3.05, 3.63) is 0 Å². The average molecular weight is 227 g/mol. The number of amides is 1. The van der Waals surface area contributed by atoms with Crippen molar-refractivity contribution in [3.63, 3.8) is 0 Å². The molecule has 6 heteroatoms. The summed E-state index contributed by atoms with van der Waals surface area (Å²) < 4.78 is 5.24. The Morgan fingerprint density at radius 1 is 1.69 bits per heavy atom. The van der Waals surface area contributed by atoms with Gasteiger partial charge in [-0.1, -0.05) is 0 Å². The lowest BCUT2D eigenvalue weighted by molar-refractivity contribution is -0.00163. The predicted molar refractivity (Wildman–Crippen MR) is 57.9 cm³/mol. The van der Waals surface area contributed by atoms with E-state index in [-0.39, 0.29) is 12.5 Å².